The molecule has 1 aromatic heterocycles. The predicted octanol–water partition coefficient (Wildman–Crippen LogP) is 3.37. The number of hydrogen-bond donors (Lipinski definition) is 2. The van der Waals surface area contributed by atoms with E-state index in [0.29, 0.717) is 0 Å². The average molecular weight is 380 g/mol. The van der Waals surface area contributed by atoms with Crippen molar-refractivity contribution in [3.05, 3.63) is 65.5 Å². The first kappa shape index (κ1) is 20.3. The molecule has 0 saturated carbocycles. The van der Waals surface area contributed by atoms with Gasteiger partial charge in [0.05, 0.1) is 0 Å². The summed E-state index contributed by atoms with van der Waals surface area (Å²) < 4.78 is 0. The van der Waals surface area contributed by atoms with E-state index in [9.17, 15) is 0 Å². The van der Waals surface area contributed by atoms with E-state index in [2.05, 4.69) is 49.8 Å². The second kappa shape index (κ2) is 11.4. The number of aliphatic imine (C=N–C) groups is 1. The third-order valence-corrected chi connectivity index (χ3v) is 5.21. The molecule has 0 radical (unpaired) electrons. The Morgan fingerprint density at radius 3 is 2.39 bits per heavy atom. The predicted molar refractivity (Wildman–Crippen MR) is 116 cm³/mol. The van der Waals surface area contributed by atoms with Gasteiger partial charge in [-0.2, -0.15) is 0 Å². The Morgan fingerprint density at radius 2 is 1.71 bits per heavy atom. The second-order valence-electron chi connectivity index (χ2n) is 7.43. The molecule has 2 N–H and O–H groups in total. The summed E-state index contributed by atoms with van der Waals surface area (Å²) in [6, 6.07) is 15.0. The summed E-state index contributed by atoms with van der Waals surface area (Å²) in [5, 5.41) is 6.74. The van der Waals surface area contributed by atoms with Gasteiger partial charge in [0.15, 0.2) is 5.96 Å². The molecule has 1 fully saturated rings. The van der Waals surface area contributed by atoms with E-state index in [-0.39, 0.29) is 0 Å². The first-order valence-corrected chi connectivity index (χ1v) is 10.5. The van der Waals surface area contributed by atoms with Crippen LogP contribution in [-0.2, 0) is 19.5 Å². The van der Waals surface area contributed by atoms with E-state index < -0.39 is 0 Å². The summed E-state index contributed by atoms with van der Waals surface area (Å²) in [7, 11) is 1.81. The average Bonchev–Trinajstić information content (AvgIpc) is 3.01. The van der Waals surface area contributed by atoms with Gasteiger partial charge < -0.3 is 10.6 Å². The molecule has 0 aliphatic carbocycles. The Morgan fingerprint density at radius 1 is 0.964 bits per heavy atom. The molecule has 0 amide bonds. The molecule has 5 nitrogen and oxygen atoms in total. The van der Waals surface area contributed by atoms with Crippen molar-refractivity contribution in [2.45, 2.75) is 45.2 Å². The van der Waals surface area contributed by atoms with Gasteiger partial charge in [0.25, 0.3) is 0 Å². The lowest BCUT2D eigenvalue weighted by Gasteiger charge is -2.20. The molecule has 1 saturated heterocycles. The molecule has 2 aromatic rings. The maximum atomic E-state index is 4.35. The quantitative estimate of drug-likeness (QED) is 0.572. The number of likely N-dealkylation sites (tertiary alicyclic amines) is 1. The van der Waals surface area contributed by atoms with E-state index in [1.165, 1.54) is 49.9 Å². The number of benzene rings is 1. The summed E-state index contributed by atoms with van der Waals surface area (Å²) in [5.74, 6) is 0.824. The first-order valence-electron chi connectivity index (χ1n) is 10.5. The fourth-order valence-electron chi connectivity index (χ4n) is 3.58. The monoisotopic (exact) mass is 379 g/mol. The summed E-state index contributed by atoms with van der Waals surface area (Å²) in [5.41, 5.74) is 3.77. The van der Waals surface area contributed by atoms with Gasteiger partial charge in [0.1, 0.15) is 0 Å². The topological polar surface area (TPSA) is 52.6 Å². The minimum Gasteiger partial charge on any atom is -0.356 e. The molecule has 2 heterocycles. The Bertz CT molecular complexity index is 704. The molecule has 0 unspecified atom stereocenters. The highest BCUT2D eigenvalue weighted by Crippen LogP contribution is 2.13. The van der Waals surface area contributed by atoms with E-state index >= 15 is 0 Å². The zero-order chi connectivity index (χ0) is 19.4. The van der Waals surface area contributed by atoms with Gasteiger partial charge in [-0.25, -0.2) is 0 Å². The lowest BCUT2D eigenvalue weighted by atomic mass is 10.1. The van der Waals surface area contributed by atoms with Crippen molar-refractivity contribution in [1.82, 2.24) is 20.5 Å². The maximum Gasteiger partial charge on any atom is 0.191 e. The van der Waals surface area contributed by atoms with Crippen LogP contribution in [0, 0.1) is 0 Å². The highest BCUT2D eigenvalue weighted by Gasteiger charge is 2.09. The van der Waals surface area contributed by atoms with Crippen molar-refractivity contribution in [3.63, 3.8) is 0 Å². The molecule has 1 aromatic carbocycles. The van der Waals surface area contributed by atoms with Crippen molar-refractivity contribution in [2.75, 3.05) is 26.7 Å². The van der Waals surface area contributed by atoms with E-state index in [1.807, 2.05) is 24.4 Å². The SMILES string of the molecule is CN=C(NCCc1ccccn1)NCc1ccc(CN2CCCCCC2)cc1. The van der Waals surface area contributed by atoms with E-state index in [0.717, 1.165) is 37.7 Å². The Kier molecular flexibility index (Phi) is 8.31. The summed E-state index contributed by atoms with van der Waals surface area (Å²) in [4.78, 5) is 11.2. The van der Waals surface area contributed by atoms with Crippen LogP contribution in [-0.4, -0.2) is 42.5 Å². The second-order valence-corrected chi connectivity index (χ2v) is 7.43. The van der Waals surface area contributed by atoms with Crippen molar-refractivity contribution in [2.24, 2.45) is 4.99 Å². The highest BCUT2D eigenvalue weighted by atomic mass is 15.2. The number of nitrogens with zero attached hydrogens (tertiary/aromatic N) is 3. The van der Waals surface area contributed by atoms with Gasteiger partial charge in [-0.15, -0.1) is 0 Å². The Balaban J connectivity index is 1.40. The van der Waals surface area contributed by atoms with Crippen molar-refractivity contribution in [3.8, 4) is 0 Å². The number of nitrogens with one attached hydrogen (secondary N) is 2. The number of aromatic nitrogens is 1. The molecular formula is C23H33N5. The van der Waals surface area contributed by atoms with Crippen LogP contribution in [0.5, 0.6) is 0 Å². The summed E-state index contributed by atoms with van der Waals surface area (Å²) >= 11 is 0. The van der Waals surface area contributed by atoms with Crippen LogP contribution < -0.4 is 10.6 Å². The van der Waals surface area contributed by atoms with Gasteiger partial charge in [-0.1, -0.05) is 43.2 Å². The van der Waals surface area contributed by atoms with Crippen LogP contribution in [0.2, 0.25) is 0 Å². The number of pyridine rings is 1. The zero-order valence-electron chi connectivity index (χ0n) is 17.0. The fourth-order valence-corrected chi connectivity index (χ4v) is 3.58. The molecule has 3 rings (SSSR count). The van der Waals surface area contributed by atoms with Gasteiger partial charge in [-0.05, 0) is 49.2 Å². The van der Waals surface area contributed by atoms with Crippen LogP contribution in [0.15, 0.2) is 53.7 Å². The third-order valence-electron chi connectivity index (χ3n) is 5.21. The summed E-state index contributed by atoms with van der Waals surface area (Å²) in [6.07, 6.45) is 8.17. The van der Waals surface area contributed by atoms with Gasteiger partial charge >= 0.3 is 0 Å². The lowest BCUT2D eigenvalue weighted by Crippen LogP contribution is -2.37. The smallest absolute Gasteiger partial charge is 0.191 e. The molecule has 28 heavy (non-hydrogen) atoms. The minimum absolute atomic E-state index is 0.771. The van der Waals surface area contributed by atoms with Gasteiger partial charge in [-0.3, -0.25) is 14.9 Å². The standard InChI is InChI=1S/C23H33N5/c1-24-23(26-15-13-22-8-4-5-14-25-22)27-18-20-9-11-21(12-10-20)19-28-16-6-2-3-7-17-28/h4-5,8-12,14H,2-3,6-7,13,15-19H2,1H3,(H2,24,26,27). The van der Waals surface area contributed by atoms with Crippen LogP contribution in [0.3, 0.4) is 0 Å². The molecule has 150 valence electrons. The van der Waals surface area contributed by atoms with E-state index in [4.69, 9.17) is 0 Å². The summed E-state index contributed by atoms with van der Waals surface area (Å²) in [6.45, 7) is 5.14. The number of rotatable bonds is 7. The highest BCUT2D eigenvalue weighted by molar-refractivity contribution is 5.79. The molecule has 0 atom stereocenters. The van der Waals surface area contributed by atoms with Crippen LogP contribution in [0.4, 0.5) is 0 Å². The maximum absolute atomic E-state index is 4.35. The van der Waals surface area contributed by atoms with Gasteiger partial charge in [0, 0.05) is 45.0 Å². The van der Waals surface area contributed by atoms with Crippen molar-refractivity contribution >= 4 is 5.96 Å². The fraction of sp³-hybridized carbons (Fsp3) is 0.478. The Labute approximate surface area is 169 Å². The molecule has 0 bridgehead atoms. The largest absolute Gasteiger partial charge is 0.356 e. The normalized spacial score (nSPS) is 15.8. The molecule has 1 aliphatic rings. The zero-order valence-corrected chi connectivity index (χ0v) is 17.0. The third kappa shape index (κ3) is 6.97. The first-order chi connectivity index (χ1) is 13.8. The van der Waals surface area contributed by atoms with E-state index in [1.54, 1.807) is 7.05 Å². The number of hydrogen-bond acceptors (Lipinski definition) is 3. The molecular weight excluding hydrogens is 346 g/mol. The van der Waals surface area contributed by atoms with Gasteiger partial charge in [0.2, 0.25) is 0 Å². The van der Waals surface area contributed by atoms with Crippen molar-refractivity contribution in [1.29, 1.82) is 0 Å². The van der Waals surface area contributed by atoms with Crippen LogP contribution in [0.1, 0.15) is 42.5 Å². The van der Waals surface area contributed by atoms with Crippen LogP contribution in [0.25, 0.3) is 0 Å². The van der Waals surface area contributed by atoms with Crippen LogP contribution >= 0.6 is 0 Å². The number of guanidine groups is 1. The minimum atomic E-state index is 0.771. The molecule has 1 aliphatic heterocycles. The van der Waals surface area contributed by atoms with Crippen molar-refractivity contribution < 1.29 is 0 Å². The molecule has 0 spiro atoms. The lowest BCUT2D eigenvalue weighted by molar-refractivity contribution is 0.277. The Hall–Kier alpha value is -2.40. The molecule has 5 heteroatoms.